The van der Waals surface area contributed by atoms with E-state index in [0.29, 0.717) is 10.8 Å². The molecule has 0 radical (unpaired) electrons. The highest BCUT2D eigenvalue weighted by molar-refractivity contribution is 7.49. The average molecular weight is 305 g/mol. The average Bonchev–Trinajstić information content (AvgIpc) is 3.11. The molecule has 0 atom stereocenters. The van der Waals surface area contributed by atoms with Gasteiger partial charge in [0.2, 0.25) is 0 Å². The standard InChI is InChI=1S/C15H14ClN2OP/c1-13-6-7-15(14(16)12-13)19-20(17-8-2-3-9-17)18-10-4-5-11-18/h2-12H,1H3. The lowest BCUT2D eigenvalue weighted by Gasteiger charge is -2.20. The van der Waals surface area contributed by atoms with Crippen LogP contribution in [0.5, 0.6) is 5.75 Å². The highest BCUT2D eigenvalue weighted by atomic mass is 35.5. The van der Waals surface area contributed by atoms with Crippen molar-refractivity contribution in [1.29, 1.82) is 0 Å². The van der Waals surface area contributed by atoms with Crippen LogP contribution in [-0.2, 0) is 0 Å². The van der Waals surface area contributed by atoms with Crippen LogP contribution in [0.3, 0.4) is 0 Å². The molecule has 2 heterocycles. The second-order valence-corrected chi connectivity index (χ2v) is 6.42. The van der Waals surface area contributed by atoms with Gasteiger partial charge in [0.25, 0.3) is 0 Å². The number of halogens is 1. The molecule has 0 bridgehead atoms. The normalized spacial score (nSPS) is 10.9. The van der Waals surface area contributed by atoms with Gasteiger partial charge in [-0.05, 0) is 48.9 Å². The lowest BCUT2D eigenvalue weighted by Crippen LogP contribution is -2.03. The first-order valence-electron chi connectivity index (χ1n) is 6.25. The van der Waals surface area contributed by atoms with Gasteiger partial charge in [-0.1, -0.05) is 17.7 Å². The highest BCUT2D eigenvalue weighted by Gasteiger charge is 2.16. The van der Waals surface area contributed by atoms with Crippen molar-refractivity contribution in [3.63, 3.8) is 0 Å². The highest BCUT2D eigenvalue weighted by Crippen LogP contribution is 2.43. The predicted molar refractivity (Wildman–Crippen MR) is 83.4 cm³/mol. The van der Waals surface area contributed by atoms with Gasteiger partial charge in [-0.25, -0.2) is 0 Å². The maximum absolute atomic E-state index is 6.26. The van der Waals surface area contributed by atoms with E-state index in [2.05, 4.69) is 0 Å². The molecule has 3 rings (SSSR count). The van der Waals surface area contributed by atoms with Crippen LogP contribution >= 0.6 is 20.1 Å². The van der Waals surface area contributed by atoms with Crippen LogP contribution < -0.4 is 4.52 Å². The van der Waals surface area contributed by atoms with Gasteiger partial charge < -0.3 is 4.52 Å². The number of benzene rings is 1. The van der Waals surface area contributed by atoms with Gasteiger partial charge in [0, 0.05) is 24.8 Å². The molecule has 0 amide bonds. The molecule has 0 spiro atoms. The van der Waals surface area contributed by atoms with Crippen molar-refractivity contribution in [1.82, 2.24) is 8.68 Å². The van der Waals surface area contributed by atoms with Crippen molar-refractivity contribution < 1.29 is 4.52 Å². The van der Waals surface area contributed by atoms with E-state index in [-0.39, 0.29) is 0 Å². The van der Waals surface area contributed by atoms with Crippen molar-refractivity contribution in [2.75, 3.05) is 0 Å². The summed E-state index contributed by atoms with van der Waals surface area (Å²) in [6, 6.07) is 13.8. The molecule has 0 saturated heterocycles. The minimum Gasteiger partial charge on any atom is -0.434 e. The SMILES string of the molecule is Cc1ccc(OP(n2cccc2)n2cccc2)c(Cl)c1. The van der Waals surface area contributed by atoms with Gasteiger partial charge in [-0.3, -0.25) is 8.68 Å². The van der Waals surface area contributed by atoms with Gasteiger partial charge in [0.1, 0.15) is 5.75 Å². The Hall–Kier alpha value is -1.70. The molecule has 0 aliphatic heterocycles. The summed E-state index contributed by atoms with van der Waals surface area (Å²) in [6.45, 7) is 2.01. The lowest BCUT2D eigenvalue weighted by molar-refractivity contribution is 0.593. The Morgan fingerprint density at radius 1 is 0.950 bits per heavy atom. The summed E-state index contributed by atoms with van der Waals surface area (Å²) >= 11 is 6.26. The Labute approximate surface area is 124 Å². The minimum absolute atomic E-state index is 0.636. The smallest absolute Gasteiger partial charge is 0.317 e. The monoisotopic (exact) mass is 304 g/mol. The van der Waals surface area contributed by atoms with Crippen molar-refractivity contribution in [3.05, 3.63) is 77.8 Å². The molecule has 0 N–H and O–H groups in total. The lowest BCUT2D eigenvalue weighted by atomic mass is 10.2. The zero-order valence-corrected chi connectivity index (χ0v) is 12.6. The maximum atomic E-state index is 6.26. The zero-order valence-electron chi connectivity index (χ0n) is 11.0. The molecule has 0 aliphatic rings. The van der Waals surface area contributed by atoms with E-state index in [1.807, 2.05) is 82.9 Å². The fourth-order valence-electron chi connectivity index (χ4n) is 1.86. The molecule has 20 heavy (non-hydrogen) atoms. The summed E-state index contributed by atoms with van der Waals surface area (Å²) in [7, 11) is -1.03. The number of aryl methyl sites for hydroxylation is 1. The summed E-state index contributed by atoms with van der Waals surface area (Å²) < 4.78 is 10.2. The van der Waals surface area contributed by atoms with E-state index in [4.69, 9.17) is 16.1 Å². The van der Waals surface area contributed by atoms with Crippen LogP contribution in [0, 0.1) is 6.92 Å². The zero-order chi connectivity index (χ0) is 13.9. The number of hydrogen-bond acceptors (Lipinski definition) is 1. The second kappa shape index (κ2) is 5.74. The first-order chi connectivity index (χ1) is 9.74. The van der Waals surface area contributed by atoms with Crippen LogP contribution in [0.25, 0.3) is 0 Å². The fourth-order valence-corrected chi connectivity index (χ4v) is 3.71. The largest absolute Gasteiger partial charge is 0.434 e. The van der Waals surface area contributed by atoms with Crippen LogP contribution in [-0.4, -0.2) is 8.68 Å². The van der Waals surface area contributed by atoms with Gasteiger partial charge >= 0.3 is 8.45 Å². The molecule has 0 saturated carbocycles. The summed E-state index contributed by atoms with van der Waals surface area (Å²) in [5.41, 5.74) is 1.12. The molecule has 3 aromatic rings. The van der Waals surface area contributed by atoms with E-state index in [1.165, 1.54) is 0 Å². The summed E-state index contributed by atoms with van der Waals surface area (Å²) in [5.74, 6) is 0.700. The number of hydrogen-bond donors (Lipinski definition) is 0. The third-order valence-corrected chi connectivity index (χ3v) is 4.82. The van der Waals surface area contributed by atoms with Crippen molar-refractivity contribution >= 4 is 20.1 Å². The van der Waals surface area contributed by atoms with E-state index in [1.54, 1.807) is 0 Å². The van der Waals surface area contributed by atoms with Crippen molar-refractivity contribution in [3.8, 4) is 5.75 Å². The van der Waals surface area contributed by atoms with E-state index in [0.717, 1.165) is 5.56 Å². The molecule has 0 aliphatic carbocycles. The molecule has 2 aromatic heterocycles. The fraction of sp³-hybridized carbons (Fsp3) is 0.0667. The molecule has 0 unspecified atom stereocenters. The number of rotatable bonds is 4. The minimum atomic E-state index is -1.03. The molecule has 102 valence electrons. The van der Waals surface area contributed by atoms with Gasteiger partial charge in [-0.2, -0.15) is 0 Å². The summed E-state index contributed by atoms with van der Waals surface area (Å²) in [4.78, 5) is 0. The summed E-state index contributed by atoms with van der Waals surface area (Å²) in [5, 5.41) is 0.636. The Morgan fingerprint density at radius 3 is 2.00 bits per heavy atom. The Morgan fingerprint density at radius 2 is 1.50 bits per heavy atom. The van der Waals surface area contributed by atoms with Gasteiger partial charge in [0.05, 0.1) is 5.02 Å². The molecule has 1 aromatic carbocycles. The second-order valence-electron chi connectivity index (χ2n) is 4.40. The molecule has 0 fully saturated rings. The van der Waals surface area contributed by atoms with Crippen molar-refractivity contribution in [2.45, 2.75) is 6.92 Å². The first kappa shape index (κ1) is 13.3. The molecule has 3 nitrogen and oxygen atoms in total. The molecular formula is C15H14ClN2OP. The molecular weight excluding hydrogens is 291 g/mol. The quantitative estimate of drug-likeness (QED) is 0.624. The van der Waals surface area contributed by atoms with Crippen molar-refractivity contribution in [2.24, 2.45) is 0 Å². The predicted octanol–water partition coefficient (Wildman–Crippen LogP) is 4.95. The van der Waals surface area contributed by atoms with Gasteiger partial charge in [-0.15, -0.1) is 0 Å². The Balaban J connectivity index is 1.95. The maximum Gasteiger partial charge on any atom is 0.317 e. The van der Waals surface area contributed by atoms with Crippen LogP contribution in [0.1, 0.15) is 5.56 Å². The topological polar surface area (TPSA) is 19.1 Å². The van der Waals surface area contributed by atoms with Gasteiger partial charge in [0.15, 0.2) is 0 Å². The number of aromatic nitrogens is 2. The van der Waals surface area contributed by atoms with Crippen LogP contribution in [0.15, 0.2) is 67.3 Å². The van der Waals surface area contributed by atoms with Crippen LogP contribution in [0.2, 0.25) is 5.02 Å². The third kappa shape index (κ3) is 2.74. The summed E-state index contributed by atoms with van der Waals surface area (Å²) in [6.07, 6.45) is 7.98. The van der Waals surface area contributed by atoms with E-state index in [9.17, 15) is 0 Å². The Bertz CT molecular complexity index is 646. The Kier molecular flexibility index (Phi) is 3.81. The number of nitrogens with zero attached hydrogens (tertiary/aromatic N) is 2. The van der Waals surface area contributed by atoms with E-state index >= 15 is 0 Å². The third-order valence-electron chi connectivity index (χ3n) is 2.84. The first-order valence-corrected chi connectivity index (χ1v) is 7.79. The van der Waals surface area contributed by atoms with E-state index < -0.39 is 8.45 Å². The molecule has 5 heteroatoms. The van der Waals surface area contributed by atoms with Crippen LogP contribution in [0.4, 0.5) is 0 Å².